The SMILES string of the molecule is O=CC(O)CNc1nc(-c2cc(-c3ccon3)n(Cc3ccccc3F)n2)nc(Cl)c1F. The number of carbonyl (C=O) groups is 1. The Kier molecular flexibility index (Phi) is 6.19. The summed E-state index contributed by atoms with van der Waals surface area (Å²) < 4.78 is 34.9. The van der Waals surface area contributed by atoms with Gasteiger partial charge in [0.25, 0.3) is 0 Å². The maximum absolute atomic E-state index is 14.3. The molecule has 9 nitrogen and oxygen atoms in total. The fraction of sp³-hybridized carbons (Fsp3) is 0.150. The molecule has 0 saturated carbocycles. The first-order valence-electron chi connectivity index (χ1n) is 9.29. The van der Waals surface area contributed by atoms with Crippen LogP contribution in [0, 0.1) is 11.6 Å². The molecule has 0 fully saturated rings. The molecular formula is C20H15ClF2N6O3. The molecule has 2 N–H and O–H groups in total. The molecule has 1 unspecified atom stereocenters. The van der Waals surface area contributed by atoms with Crippen LogP contribution in [0.5, 0.6) is 0 Å². The number of nitrogens with one attached hydrogen (secondary N) is 1. The Balaban J connectivity index is 1.75. The fourth-order valence-corrected chi connectivity index (χ4v) is 3.06. The van der Waals surface area contributed by atoms with E-state index in [1.165, 1.54) is 17.0 Å². The molecular weight excluding hydrogens is 446 g/mol. The van der Waals surface area contributed by atoms with Crippen LogP contribution >= 0.6 is 11.6 Å². The second kappa shape index (κ2) is 9.20. The number of hydrogen-bond acceptors (Lipinski definition) is 8. The third-order valence-corrected chi connectivity index (χ3v) is 4.68. The smallest absolute Gasteiger partial charge is 0.202 e. The number of aldehydes is 1. The second-order valence-electron chi connectivity index (χ2n) is 6.63. The molecule has 0 amide bonds. The maximum Gasteiger partial charge on any atom is 0.202 e. The first-order valence-corrected chi connectivity index (χ1v) is 9.66. The van der Waals surface area contributed by atoms with Gasteiger partial charge in [-0.2, -0.15) is 9.49 Å². The molecule has 0 spiro atoms. The van der Waals surface area contributed by atoms with Gasteiger partial charge in [0.2, 0.25) is 5.82 Å². The van der Waals surface area contributed by atoms with Gasteiger partial charge in [0.05, 0.1) is 12.2 Å². The van der Waals surface area contributed by atoms with Crippen molar-refractivity contribution in [2.75, 3.05) is 11.9 Å². The normalized spacial score (nSPS) is 12.0. The van der Waals surface area contributed by atoms with Crippen molar-refractivity contribution in [3.05, 3.63) is 65.0 Å². The van der Waals surface area contributed by atoms with Gasteiger partial charge in [-0.05, 0) is 12.1 Å². The minimum atomic E-state index is -1.36. The lowest BCUT2D eigenvalue weighted by Crippen LogP contribution is -2.22. The van der Waals surface area contributed by atoms with Crippen LogP contribution in [0.15, 0.2) is 47.2 Å². The lowest BCUT2D eigenvalue weighted by molar-refractivity contribution is -0.114. The summed E-state index contributed by atoms with van der Waals surface area (Å²) in [4.78, 5) is 18.6. The van der Waals surface area contributed by atoms with Crippen molar-refractivity contribution in [3.63, 3.8) is 0 Å². The van der Waals surface area contributed by atoms with Gasteiger partial charge in [-0.1, -0.05) is 35.0 Å². The van der Waals surface area contributed by atoms with E-state index in [-0.39, 0.29) is 30.4 Å². The van der Waals surface area contributed by atoms with E-state index in [9.17, 15) is 18.7 Å². The molecule has 32 heavy (non-hydrogen) atoms. The lowest BCUT2D eigenvalue weighted by Gasteiger charge is -2.09. The van der Waals surface area contributed by atoms with Crippen LogP contribution in [0.4, 0.5) is 14.6 Å². The molecule has 164 valence electrons. The van der Waals surface area contributed by atoms with Gasteiger partial charge in [-0.3, -0.25) is 4.68 Å². The molecule has 3 heterocycles. The fourth-order valence-electron chi connectivity index (χ4n) is 2.89. The zero-order valence-electron chi connectivity index (χ0n) is 16.2. The number of benzene rings is 1. The van der Waals surface area contributed by atoms with E-state index in [2.05, 4.69) is 25.5 Å². The predicted molar refractivity (Wildman–Crippen MR) is 110 cm³/mol. The summed E-state index contributed by atoms with van der Waals surface area (Å²) >= 11 is 5.91. The minimum absolute atomic E-state index is 0.0310. The van der Waals surface area contributed by atoms with Crippen LogP contribution in [0.1, 0.15) is 5.56 Å². The van der Waals surface area contributed by atoms with Gasteiger partial charge in [-0.25, -0.2) is 14.4 Å². The van der Waals surface area contributed by atoms with Gasteiger partial charge in [0.15, 0.2) is 16.8 Å². The molecule has 0 aliphatic carbocycles. The molecule has 4 aromatic rings. The van der Waals surface area contributed by atoms with Crippen molar-refractivity contribution in [3.8, 4) is 22.9 Å². The largest absolute Gasteiger partial charge is 0.384 e. The number of halogens is 3. The predicted octanol–water partition coefficient (Wildman–Crippen LogP) is 2.95. The molecule has 12 heteroatoms. The first-order chi connectivity index (χ1) is 15.5. The Morgan fingerprint density at radius 1 is 1.22 bits per heavy atom. The zero-order valence-corrected chi connectivity index (χ0v) is 17.0. The van der Waals surface area contributed by atoms with Gasteiger partial charge < -0.3 is 19.7 Å². The molecule has 0 radical (unpaired) electrons. The van der Waals surface area contributed by atoms with Crippen molar-refractivity contribution in [1.82, 2.24) is 24.9 Å². The van der Waals surface area contributed by atoms with Crippen LogP contribution in [-0.4, -0.2) is 48.9 Å². The Hall–Kier alpha value is -3.70. The number of carbonyl (C=O) groups excluding carboxylic acids is 1. The van der Waals surface area contributed by atoms with E-state index >= 15 is 0 Å². The Morgan fingerprint density at radius 3 is 2.75 bits per heavy atom. The molecule has 0 aliphatic rings. The minimum Gasteiger partial charge on any atom is -0.384 e. The Morgan fingerprint density at radius 2 is 2.03 bits per heavy atom. The molecule has 3 aromatic heterocycles. The summed E-state index contributed by atoms with van der Waals surface area (Å²) in [5.74, 6) is -1.70. The van der Waals surface area contributed by atoms with Crippen LogP contribution < -0.4 is 5.32 Å². The van der Waals surface area contributed by atoms with E-state index in [0.29, 0.717) is 23.2 Å². The summed E-state index contributed by atoms with van der Waals surface area (Å²) in [6, 6.07) is 9.42. The highest BCUT2D eigenvalue weighted by molar-refractivity contribution is 6.29. The number of rotatable bonds is 8. The summed E-state index contributed by atoms with van der Waals surface area (Å²) in [7, 11) is 0. The van der Waals surface area contributed by atoms with Crippen molar-refractivity contribution >= 4 is 23.7 Å². The summed E-state index contributed by atoms with van der Waals surface area (Å²) in [5.41, 5.74) is 1.50. The van der Waals surface area contributed by atoms with Gasteiger partial charge in [0, 0.05) is 18.2 Å². The van der Waals surface area contributed by atoms with Crippen molar-refractivity contribution < 1.29 is 23.2 Å². The number of nitrogens with zero attached hydrogens (tertiary/aromatic N) is 5. The average Bonchev–Trinajstić information content (AvgIpc) is 3.46. The third kappa shape index (κ3) is 4.48. The number of aliphatic hydroxyl groups excluding tert-OH is 1. The highest BCUT2D eigenvalue weighted by atomic mass is 35.5. The summed E-state index contributed by atoms with van der Waals surface area (Å²) in [6.45, 7) is -0.209. The average molecular weight is 461 g/mol. The molecule has 0 aliphatic heterocycles. The van der Waals surface area contributed by atoms with E-state index in [4.69, 9.17) is 16.1 Å². The molecule has 1 aromatic carbocycles. The zero-order chi connectivity index (χ0) is 22.7. The van der Waals surface area contributed by atoms with E-state index in [1.807, 2.05) is 0 Å². The van der Waals surface area contributed by atoms with Gasteiger partial charge in [0.1, 0.15) is 35.9 Å². The molecule has 1 atom stereocenters. The van der Waals surface area contributed by atoms with Crippen LogP contribution in [0.25, 0.3) is 22.9 Å². The highest BCUT2D eigenvalue weighted by Crippen LogP contribution is 2.28. The second-order valence-corrected chi connectivity index (χ2v) is 6.99. The highest BCUT2D eigenvalue weighted by Gasteiger charge is 2.20. The summed E-state index contributed by atoms with van der Waals surface area (Å²) in [5, 5.41) is 19.7. The number of hydrogen-bond donors (Lipinski definition) is 2. The number of aliphatic hydroxyl groups is 1. The van der Waals surface area contributed by atoms with Gasteiger partial charge in [-0.15, -0.1) is 0 Å². The Bertz CT molecular complexity index is 1250. The van der Waals surface area contributed by atoms with E-state index in [1.54, 1.807) is 30.3 Å². The first kappa shape index (κ1) is 21.5. The standard InChI is InChI=1S/C20H15ClF2N6O3/c21-18-17(23)20(24-8-12(31)10-30)26-19(25-18)15-7-16(14-5-6-32-28-14)29(27-15)9-11-3-1-2-4-13(11)22/h1-7,10,12,31H,8-9H2,(H,24,25,26). The maximum atomic E-state index is 14.3. The van der Waals surface area contributed by atoms with Gasteiger partial charge >= 0.3 is 0 Å². The van der Waals surface area contributed by atoms with Crippen molar-refractivity contribution in [2.24, 2.45) is 0 Å². The topological polar surface area (TPSA) is 119 Å². The monoisotopic (exact) mass is 460 g/mol. The summed E-state index contributed by atoms with van der Waals surface area (Å²) in [6.07, 6.45) is 0.315. The van der Waals surface area contributed by atoms with Crippen molar-refractivity contribution in [2.45, 2.75) is 12.6 Å². The van der Waals surface area contributed by atoms with Crippen LogP contribution in [0.2, 0.25) is 5.15 Å². The number of aromatic nitrogens is 5. The van der Waals surface area contributed by atoms with Crippen LogP contribution in [-0.2, 0) is 11.3 Å². The Labute approximate surface area is 184 Å². The molecule has 0 saturated heterocycles. The quantitative estimate of drug-likeness (QED) is 0.304. The third-order valence-electron chi connectivity index (χ3n) is 4.43. The van der Waals surface area contributed by atoms with E-state index < -0.39 is 22.9 Å². The number of anilines is 1. The van der Waals surface area contributed by atoms with E-state index in [0.717, 1.165) is 0 Å². The van der Waals surface area contributed by atoms with Crippen molar-refractivity contribution in [1.29, 1.82) is 0 Å². The van der Waals surface area contributed by atoms with Crippen LogP contribution in [0.3, 0.4) is 0 Å². The lowest BCUT2D eigenvalue weighted by atomic mass is 10.2. The molecule has 0 bridgehead atoms. The molecule has 4 rings (SSSR count).